The average Bonchev–Trinajstić information content (AvgIpc) is 2.51. The maximum atomic E-state index is 12.1. The van der Waals surface area contributed by atoms with Gasteiger partial charge in [-0.25, -0.2) is 4.79 Å². The van der Waals surface area contributed by atoms with Crippen molar-refractivity contribution in [3.63, 3.8) is 0 Å². The van der Waals surface area contributed by atoms with Gasteiger partial charge in [0, 0.05) is 23.4 Å². The molecule has 0 unspecified atom stereocenters. The molecule has 2 N–H and O–H groups in total. The van der Waals surface area contributed by atoms with Crippen molar-refractivity contribution in [2.24, 2.45) is 0 Å². The van der Waals surface area contributed by atoms with E-state index >= 15 is 0 Å². The van der Waals surface area contributed by atoms with Crippen LogP contribution in [0.25, 0.3) is 0 Å². The van der Waals surface area contributed by atoms with E-state index < -0.39 is 0 Å². The Bertz CT molecular complexity index is 706. The molecule has 0 bridgehead atoms. The van der Waals surface area contributed by atoms with Crippen molar-refractivity contribution < 1.29 is 9.59 Å². The number of aryl methyl sites for hydroxylation is 1. The topological polar surface area (TPSA) is 74.3 Å². The lowest BCUT2D eigenvalue weighted by atomic mass is 10.2. The number of hydrogen-bond acceptors (Lipinski definition) is 3. The van der Waals surface area contributed by atoms with Crippen LogP contribution in [0.3, 0.4) is 0 Å². The van der Waals surface area contributed by atoms with Crippen LogP contribution in [-0.4, -0.2) is 35.4 Å². The first kappa shape index (κ1) is 17.0. The normalized spacial score (nSPS) is 10.0. The molecule has 6 nitrogen and oxygen atoms in total. The van der Waals surface area contributed by atoms with E-state index in [-0.39, 0.29) is 18.5 Å². The number of nitrogens with one attached hydrogen (secondary N) is 2. The number of carbonyl (C=O) groups excluding carboxylic acids is 2. The molecular weight excluding hydrogens is 360 g/mol. The van der Waals surface area contributed by atoms with Gasteiger partial charge in [0.1, 0.15) is 6.54 Å². The Kier molecular flexibility index (Phi) is 5.70. The first-order chi connectivity index (χ1) is 11.0. The van der Waals surface area contributed by atoms with Crippen LogP contribution in [0, 0.1) is 6.92 Å². The summed E-state index contributed by atoms with van der Waals surface area (Å²) in [5.74, 6) is -0.265. The first-order valence-electron chi connectivity index (χ1n) is 6.94. The predicted molar refractivity (Wildman–Crippen MR) is 93.4 cm³/mol. The van der Waals surface area contributed by atoms with Gasteiger partial charge in [-0.1, -0.05) is 15.9 Å². The van der Waals surface area contributed by atoms with Crippen LogP contribution in [-0.2, 0) is 4.79 Å². The van der Waals surface area contributed by atoms with Crippen molar-refractivity contribution in [3.8, 4) is 0 Å². The Morgan fingerprint density at radius 2 is 2.04 bits per heavy atom. The second kappa shape index (κ2) is 7.73. The number of carbonyl (C=O) groups is 2. The summed E-state index contributed by atoms with van der Waals surface area (Å²) < 4.78 is 0.945. The number of halogens is 1. The number of likely N-dealkylation sites (N-methyl/N-ethyl adjacent to an activating group) is 1. The van der Waals surface area contributed by atoms with Crippen molar-refractivity contribution in [1.82, 2.24) is 9.88 Å². The van der Waals surface area contributed by atoms with Crippen LogP contribution >= 0.6 is 15.9 Å². The van der Waals surface area contributed by atoms with E-state index in [1.54, 1.807) is 25.4 Å². The lowest BCUT2D eigenvalue weighted by Gasteiger charge is -2.18. The average molecular weight is 377 g/mol. The molecule has 0 fully saturated rings. The van der Waals surface area contributed by atoms with Crippen molar-refractivity contribution in [2.45, 2.75) is 6.92 Å². The highest BCUT2D eigenvalue weighted by atomic mass is 79.9. The molecule has 2 rings (SSSR count). The van der Waals surface area contributed by atoms with Gasteiger partial charge in [0.05, 0.1) is 11.9 Å². The Hall–Kier alpha value is -2.41. The Morgan fingerprint density at radius 1 is 1.26 bits per heavy atom. The molecule has 0 saturated carbocycles. The molecule has 1 aromatic heterocycles. The summed E-state index contributed by atoms with van der Waals surface area (Å²) in [4.78, 5) is 29.3. The van der Waals surface area contributed by atoms with E-state index in [9.17, 15) is 9.59 Å². The van der Waals surface area contributed by atoms with Gasteiger partial charge < -0.3 is 15.5 Å². The molecule has 120 valence electrons. The standard InChI is InChI=1S/C16H17BrN4O2/c1-11-8-12(17)5-6-14(11)20-15(22)10-21(2)16(23)19-13-4-3-7-18-9-13/h3-9H,10H2,1-2H3,(H,19,23)(H,20,22). The van der Waals surface area contributed by atoms with E-state index in [1.807, 2.05) is 25.1 Å². The van der Waals surface area contributed by atoms with Crippen LogP contribution in [0.1, 0.15) is 5.56 Å². The van der Waals surface area contributed by atoms with Crippen molar-refractivity contribution >= 4 is 39.2 Å². The molecule has 0 spiro atoms. The molecule has 1 aromatic carbocycles. The number of anilines is 2. The van der Waals surface area contributed by atoms with Gasteiger partial charge in [-0.05, 0) is 42.8 Å². The molecule has 1 heterocycles. The summed E-state index contributed by atoms with van der Waals surface area (Å²) >= 11 is 3.37. The molecule has 7 heteroatoms. The van der Waals surface area contributed by atoms with Crippen molar-refractivity contribution in [3.05, 3.63) is 52.8 Å². The lowest BCUT2D eigenvalue weighted by Crippen LogP contribution is -2.37. The van der Waals surface area contributed by atoms with Gasteiger partial charge in [-0.3, -0.25) is 9.78 Å². The number of pyridine rings is 1. The molecular formula is C16H17BrN4O2. The molecule has 3 amide bonds. The summed E-state index contributed by atoms with van der Waals surface area (Å²) in [5, 5.41) is 5.46. The third-order valence-corrected chi connectivity index (χ3v) is 3.60. The number of rotatable bonds is 4. The number of urea groups is 1. The van der Waals surface area contributed by atoms with Crippen LogP contribution in [0.5, 0.6) is 0 Å². The minimum Gasteiger partial charge on any atom is -0.324 e. The minimum atomic E-state index is -0.374. The van der Waals surface area contributed by atoms with Crippen LogP contribution in [0.15, 0.2) is 47.2 Å². The molecule has 23 heavy (non-hydrogen) atoms. The molecule has 0 aliphatic carbocycles. The quantitative estimate of drug-likeness (QED) is 0.859. The summed E-state index contributed by atoms with van der Waals surface area (Å²) in [6.07, 6.45) is 3.16. The predicted octanol–water partition coefficient (Wildman–Crippen LogP) is 3.25. The summed E-state index contributed by atoms with van der Waals surface area (Å²) in [7, 11) is 1.56. The molecule has 0 aliphatic heterocycles. The molecule has 2 aromatic rings. The van der Waals surface area contributed by atoms with E-state index in [0.717, 1.165) is 15.7 Å². The minimum absolute atomic E-state index is 0.0540. The fourth-order valence-electron chi connectivity index (χ4n) is 1.90. The summed E-state index contributed by atoms with van der Waals surface area (Å²) in [6, 6.07) is 8.65. The van der Waals surface area contributed by atoms with Crippen LogP contribution < -0.4 is 10.6 Å². The van der Waals surface area contributed by atoms with Gasteiger partial charge in [0.15, 0.2) is 0 Å². The second-order valence-electron chi connectivity index (χ2n) is 5.04. The highest BCUT2D eigenvalue weighted by Gasteiger charge is 2.14. The maximum Gasteiger partial charge on any atom is 0.322 e. The maximum absolute atomic E-state index is 12.1. The number of amides is 3. The first-order valence-corrected chi connectivity index (χ1v) is 7.73. The molecule has 0 aliphatic rings. The highest BCUT2D eigenvalue weighted by molar-refractivity contribution is 9.10. The number of benzene rings is 1. The van der Waals surface area contributed by atoms with Crippen LogP contribution in [0.4, 0.5) is 16.2 Å². The Labute approximate surface area is 143 Å². The van der Waals surface area contributed by atoms with Crippen molar-refractivity contribution in [2.75, 3.05) is 24.2 Å². The number of nitrogens with zero attached hydrogens (tertiary/aromatic N) is 2. The molecule has 0 atom stereocenters. The number of aromatic nitrogens is 1. The van der Waals surface area contributed by atoms with Gasteiger partial charge in [0.2, 0.25) is 5.91 Å². The fraction of sp³-hybridized carbons (Fsp3) is 0.188. The smallest absolute Gasteiger partial charge is 0.322 e. The van der Waals surface area contributed by atoms with Gasteiger partial charge in [0.25, 0.3) is 0 Å². The van der Waals surface area contributed by atoms with Gasteiger partial charge in [-0.2, -0.15) is 0 Å². The highest BCUT2D eigenvalue weighted by Crippen LogP contribution is 2.19. The fourth-order valence-corrected chi connectivity index (χ4v) is 2.38. The van der Waals surface area contributed by atoms with E-state index in [1.165, 1.54) is 11.1 Å². The third-order valence-electron chi connectivity index (χ3n) is 3.10. The van der Waals surface area contributed by atoms with Crippen molar-refractivity contribution in [1.29, 1.82) is 0 Å². The monoisotopic (exact) mass is 376 g/mol. The van der Waals surface area contributed by atoms with Gasteiger partial charge in [-0.15, -0.1) is 0 Å². The number of hydrogen-bond donors (Lipinski definition) is 2. The Morgan fingerprint density at radius 3 is 2.70 bits per heavy atom. The molecule has 0 saturated heterocycles. The summed E-state index contributed by atoms with van der Waals surface area (Å²) in [6.45, 7) is 1.85. The van der Waals surface area contributed by atoms with E-state index in [2.05, 4.69) is 31.5 Å². The third kappa shape index (κ3) is 5.07. The Balaban J connectivity index is 1.90. The van der Waals surface area contributed by atoms with E-state index in [0.29, 0.717) is 5.69 Å². The summed E-state index contributed by atoms with van der Waals surface area (Å²) in [5.41, 5.74) is 2.24. The zero-order valence-corrected chi connectivity index (χ0v) is 14.4. The zero-order chi connectivity index (χ0) is 16.8. The van der Waals surface area contributed by atoms with Crippen LogP contribution in [0.2, 0.25) is 0 Å². The molecule has 0 radical (unpaired) electrons. The zero-order valence-electron chi connectivity index (χ0n) is 12.8. The second-order valence-corrected chi connectivity index (χ2v) is 5.95. The van der Waals surface area contributed by atoms with Gasteiger partial charge >= 0.3 is 6.03 Å². The largest absolute Gasteiger partial charge is 0.324 e. The SMILES string of the molecule is Cc1cc(Br)ccc1NC(=O)CN(C)C(=O)Nc1cccnc1. The van der Waals surface area contributed by atoms with E-state index in [4.69, 9.17) is 0 Å². The lowest BCUT2D eigenvalue weighted by molar-refractivity contribution is -0.116.